The number of amidine groups is 1. The van der Waals surface area contributed by atoms with E-state index in [1.54, 1.807) is 25.1 Å². The third-order valence-electron chi connectivity index (χ3n) is 3.34. The first-order valence-electron chi connectivity index (χ1n) is 7.08. The number of oxime groups is 1. The smallest absolute Gasteiger partial charge is 0.365 e. The molecule has 0 aliphatic heterocycles. The van der Waals surface area contributed by atoms with Crippen LogP contribution in [0.1, 0.15) is 27.3 Å². The predicted molar refractivity (Wildman–Crippen MR) is 86.6 cm³/mol. The van der Waals surface area contributed by atoms with Crippen molar-refractivity contribution in [3.63, 3.8) is 0 Å². The second-order valence-electron chi connectivity index (χ2n) is 5.27. The van der Waals surface area contributed by atoms with Crippen LogP contribution in [0.25, 0.3) is 0 Å². The highest BCUT2D eigenvalue weighted by molar-refractivity contribution is 5.90. The van der Waals surface area contributed by atoms with E-state index in [0.29, 0.717) is 11.3 Å². The van der Waals surface area contributed by atoms with Crippen molar-refractivity contribution < 1.29 is 14.6 Å². The van der Waals surface area contributed by atoms with Crippen LogP contribution in [-0.2, 0) is 11.4 Å². The average Bonchev–Trinajstić information content (AvgIpc) is 2.79. The lowest BCUT2D eigenvalue weighted by molar-refractivity contribution is -0.386. The summed E-state index contributed by atoms with van der Waals surface area (Å²) >= 11 is 0. The fourth-order valence-corrected chi connectivity index (χ4v) is 2.21. The lowest BCUT2D eigenvalue weighted by atomic mass is 10.1. The van der Waals surface area contributed by atoms with Gasteiger partial charge < -0.3 is 10.6 Å². The summed E-state index contributed by atoms with van der Waals surface area (Å²) in [5.41, 5.74) is 7.53. The van der Waals surface area contributed by atoms with Crippen molar-refractivity contribution in [1.29, 1.82) is 0 Å². The Labute approximate surface area is 137 Å². The van der Waals surface area contributed by atoms with Crippen LogP contribution in [0.5, 0.6) is 0 Å². The summed E-state index contributed by atoms with van der Waals surface area (Å²) in [4.78, 5) is 27.1. The highest BCUT2D eigenvalue weighted by Gasteiger charge is 2.22. The zero-order chi connectivity index (χ0) is 17.9. The SMILES string of the molecule is Cc1cccc(C(=O)O/N=C(\N)Cn2nc(C)c([N+](=O)[O-])c2C)c1. The molecule has 2 N–H and O–H groups in total. The fourth-order valence-electron chi connectivity index (χ4n) is 2.21. The van der Waals surface area contributed by atoms with E-state index in [1.165, 1.54) is 11.6 Å². The molecule has 0 aliphatic carbocycles. The Morgan fingerprint density at radius 3 is 2.71 bits per heavy atom. The number of carbonyl (C=O) groups is 1. The number of hydrogen-bond donors (Lipinski definition) is 1. The number of aryl methyl sites for hydroxylation is 2. The van der Waals surface area contributed by atoms with Crippen LogP contribution in [-0.4, -0.2) is 26.5 Å². The van der Waals surface area contributed by atoms with E-state index in [-0.39, 0.29) is 23.8 Å². The van der Waals surface area contributed by atoms with Gasteiger partial charge in [-0.2, -0.15) is 5.10 Å². The van der Waals surface area contributed by atoms with Crippen LogP contribution in [0.4, 0.5) is 5.69 Å². The zero-order valence-electron chi connectivity index (χ0n) is 13.5. The molecule has 0 atom stereocenters. The lowest BCUT2D eigenvalue weighted by Crippen LogP contribution is -2.22. The van der Waals surface area contributed by atoms with Gasteiger partial charge in [-0.25, -0.2) is 4.79 Å². The monoisotopic (exact) mass is 331 g/mol. The molecule has 0 saturated carbocycles. The summed E-state index contributed by atoms with van der Waals surface area (Å²) in [5.74, 6) is -0.669. The topological polar surface area (TPSA) is 126 Å². The van der Waals surface area contributed by atoms with Crippen molar-refractivity contribution in [3.8, 4) is 0 Å². The normalized spacial score (nSPS) is 11.4. The third kappa shape index (κ3) is 3.75. The van der Waals surface area contributed by atoms with Gasteiger partial charge in [-0.05, 0) is 32.9 Å². The van der Waals surface area contributed by atoms with E-state index in [4.69, 9.17) is 10.6 Å². The molecule has 0 aliphatic rings. The number of benzene rings is 1. The molecular formula is C15H17N5O4. The molecule has 2 aromatic rings. The molecule has 1 aromatic heterocycles. The minimum atomic E-state index is -0.638. The maximum atomic E-state index is 11.9. The molecule has 0 saturated heterocycles. The second-order valence-corrected chi connectivity index (χ2v) is 5.27. The quantitative estimate of drug-likeness (QED) is 0.293. The number of hydrogen-bond acceptors (Lipinski definition) is 6. The maximum Gasteiger partial charge on any atom is 0.365 e. The molecule has 0 bridgehead atoms. The van der Waals surface area contributed by atoms with Crippen molar-refractivity contribution in [3.05, 3.63) is 56.9 Å². The summed E-state index contributed by atoms with van der Waals surface area (Å²) in [7, 11) is 0. The van der Waals surface area contributed by atoms with E-state index in [1.807, 2.05) is 13.0 Å². The largest absolute Gasteiger partial charge is 0.383 e. The standard InChI is InChI=1S/C15H17N5O4/c1-9-5-4-6-12(7-9)15(21)24-18-13(16)8-19-11(3)14(20(22)23)10(2)17-19/h4-7H,8H2,1-3H3,(H2,16,18). The van der Waals surface area contributed by atoms with E-state index < -0.39 is 10.9 Å². The van der Waals surface area contributed by atoms with Crippen LogP contribution >= 0.6 is 0 Å². The molecule has 0 unspecified atom stereocenters. The Morgan fingerprint density at radius 1 is 1.42 bits per heavy atom. The summed E-state index contributed by atoms with van der Waals surface area (Å²) in [5, 5.41) is 18.6. The average molecular weight is 331 g/mol. The first-order valence-corrected chi connectivity index (χ1v) is 7.08. The summed E-state index contributed by atoms with van der Waals surface area (Å²) in [6.07, 6.45) is 0. The number of nitro groups is 1. The van der Waals surface area contributed by atoms with Gasteiger partial charge in [0.25, 0.3) is 0 Å². The summed E-state index contributed by atoms with van der Waals surface area (Å²) in [6, 6.07) is 6.85. The molecule has 126 valence electrons. The molecule has 0 spiro atoms. The van der Waals surface area contributed by atoms with Crippen molar-refractivity contribution in [1.82, 2.24) is 9.78 Å². The number of rotatable bonds is 5. The van der Waals surface area contributed by atoms with Crippen LogP contribution in [0.3, 0.4) is 0 Å². The number of nitrogens with two attached hydrogens (primary N) is 1. The molecular weight excluding hydrogens is 314 g/mol. The number of aromatic nitrogens is 2. The van der Waals surface area contributed by atoms with Gasteiger partial charge in [0.1, 0.15) is 17.9 Å². The van der Waals surface area contributed by atoms with Crippen LogP contribution in [0, 0.1) is 30.9 Å². The molecule has 0 amide bonds. The Balaban J connectivity index is 2.08. The molecule has 2 rings (SSSR count). The van der Waals surface area contributed by atoms with E-state index >= 15 is 0 Å². The van der Waals surface area contributed by atoms with E-state index in [9.17, 15) is 14.9 Å². The van der Waals surface area contributed by atoms with Crippen molar-refractivity contribution in [2.45, 2.75) is 27.3 Å². The van der Waals surface area contributed by atoms with Crippen molar-refractivity contribution in [2.24, 2.45) is 10.9 Å². The van der Waals surface area contributed by atoms with Gasteiger partial charge in [-0.15, -0.1) is 0 Å². The zero-order valence-corrected chi connectivity index (χ0v) is 13.5. The van der Waals surface area contributed by atoms with Gasteiger partial charge in [0.05, 0.1) is 10.5 Å². The molecule has 0 fully saturated rings. The van der Waals surface area contributed by atoms with Crippen molar-refractivity contribution >= 4 is 17.5 Å². The predicted octanol–water partition coefficient (Wildman–Crippen LogP) is 1.85. The molecule has 9 heteroatoms. The molecule has 9 nitrogen and oxygen atoms in total. The summed E-state index contributed by atoms with van der Waals surface area (Å²) < 4.78 is 1.34. The van der Waals surface area contributed by atoms with Gasteiger partial charge in [0, 0.05) is 0 Å². The third-order valence-corrected chi connectivity index (χ3v) is 3.34. The Hall–Kier alpha value is -3.23. The highest BCUT2D eigenvalue weighted by atomic mass is 16.7. The van der Waals surface area contributed by atoms with Gasteiger partial charge in [0.15, 0.2) is 5.84 Å². The lowest BCUT2D eigenvalue weighted by Gasteiger charge is -2.03. The molecule has 1 aromatic carbocycles. The fraction of sp³-hybridized carbons (Fsp3) is 0.267. The number of carbonyl (C=O) groups excluding carboxylic acids is 1. The minimum Gasteiger partial charge on any atom is -0.383 e. The van der Waals surface area contributed by atoms with E-state index in [0.717, 1.165) is 5.56 Å². The Bertz CT molecular complexity index is 825. The van der Waals surface area contributed by atoms with Crippen LogP contribution in [0.2, 0.25) is 0 Å². The first kappa shape index (κ1) is 17.1. The molecule has 0 radical (unpaired) electrons. The Morgan fingerprint density at radius 2 is 2.12 bits per heavy atom. The van der Waals surface area contributed by atoms with E-state index in [2.05, 4.69) is 10.3 Å². The van der Waals surface area contributed by atoms with Gasteiger partial charge in [0.2, 0.25) is 0 Å². The van der Waals surface area contributed by atoms with Crippen LogP contribution in [0.15, 0.2) is 29.4 Å². The molecule has 1 heterocycles. The minimum absolute atomic E-state index is 0.0262. The van der Waals surface area contributed by atoms with Gasteiger partial charge in [-0.3, -0.25) is 14.8 Å². The van der Waals surface area contributed by atoms with Gasteiger partial charge in [-0.1, -0.05) is 22.9 Å². The van der Waals surface area contributed by atoms with Crippen molar-refractivity contribution in [2.75, 3.05) is 0 Å². The second kappa shape index (κ2) is 6.90. The molecule has 24 heavy (non-hydrogen) atoms. The Kier molecular flexibility index (Phi) is 4.93. The van der Waals surface area contributed by atoms with Crippen LogP contribution < -0.4 is 5.73 Å². The summed E-state index contributed by atoms with van der Waals surface area (Å²) in [6.45, 7) is 4.92. The first-order chi connectivity index (χ1) is 11.3. The maximum absolute atomic E-state index is 11.9. The number of nitrogens with zero attached hydrogens (tertiary/aromatic N) is 4. The highest BCUT2D eigenvalue weighted by Crippen LogP contribution is 2.21. The van der Waals surface area contributed by atoms with Gasteiger partial charge >= 0.3 is 11.7 Å².